The van der Waals surface area contributed by atoms with Crippen LogP contribution in [0.4, 0.5) is 11.8 Å². The average molecular weight is 255 g/mol. The molecule has 2 unspecified atom stereocenters. The van der Waals surface area contributed by atoms with Gasteiger partial charge in [0.1, 0.15) is 5.02 Å². The SMILES string of the molecule is CNc1ncc(Cl)c(N2CC(C)CC(C)C2)n1. The number of anilines is 2. The van der Waals surface area contributed by atoms with Gasteiger partial charge >= 0.3 is 0 Å². The smallest absolute Gasteiger partial charge is 0.224 e. The van der Waals surface area contributed by atoms with Crippen LogP contribution in [-0.4, -0.2) is 30.1 Å². The Morgan fingerprint density at radius 3 is 2.59 bits per heavy atom. The van der Waals surface area contributed by atoms with Crippen molar-refractivity contribution in [1.29, 1.82) is 0 Å². The molecule has 0 saturated carbocycles. The molecule has 0 radical (unpaired) electrons. The van der Waals surface area contributed by atoms with E-state index in [-0.39, 0.29) is 0 Å². The maximum Gasteiger partial charge on any atom is 0.224 e. The first kappa shape index (κ1) is 12.4. The van der Waals surface area contributed by atoms with E-state index in [1.165, 1.54) is 6.42 Å². The van der Waals surface area contributed by atoms with Gasteiger partial charge in [-0.1, -0.05) is 25.4 Å². The molecule has 1 aliphatic heterocycles. The molecular formula is C12H19ClN4. The lowest BCUT2D eigenvalue weighted by atomic mass is 9.92. The van der Waals surface area contributed by atoms with Gasteiger partial charge < -0.3 is 10.2 Å². The Bertz CT molecular complexity index is 386. The summed E-state index contributed by atoms with van der Waals surface area (Å²) in [6, 6.07) is 0. The van der Waals surface area contributed by atoms with Gasteiger partial charge in [-0.25, -0.2) is 4.98 Å². The van der Waals surface area contributed by atoms with E-state index in [2.05, 4.69) is 34.0 Å². The summed E-state index contributed by atoms with van der Waals surface area (Å²) >= 11 is 6.19. The first-order valence-corrected chi connectivity index (χ1v) is 6.43. The first-order valence-electron chi connectivity index (χ1n) is 6.05. The minimum absolute atomic E-state index is 0.621. The highest BCUT2D eigenvalue weighted by atomic mass is 35.5. The number of nitrogens with zero attached hydrogens (tertiary/aromatic N) is 3. The lowest BCUT2D eigenvalue weighted by Gasteiger charge is -2.36. The number of rotatable bonds is 2. The highest BCUT2D eigenvalue weighted by Crippen LogP contribution is 2.29. The van der Waals surface area contributed by atoms with Crippen LogP contribution in [-0.2, 0) is 0 Å². The summed E-state index contributed by atoms with van der Waals surface area (Å²) in [7, 11) is 1.81. The molecule has 0 bridgehead atoms. The Kier molecular flexibility index (Phi) is 3.72. The van der Waals surface area contributed by atoms with Crippen molar-refractivity contribution in [1.82, 2.24) is 9.97 Å². The molecule has 0 aromatic carbocycles. The number of piperidine rings is 1. The van der Waals surface area contributed by atoms with E-state index in [9.17, 15) is 0 Å². The van der Waals surface area contributed by atoms with Gasteiger partial charge in [-0.05, 0) is 18.3 Å². The van der Waals surface area contributed by atoms with E-state index in [4.69, 9.17) is 11.6 Å². The largest absolute Gasteiger partial charge is 0.357 e. The number of aromatic nitrogens is 2. The van der Waals surface area contributed by atoms with Crippen molar-refractivity contribution in [3.63, 3.8) is 0 Å². The topological polar surface area (TPSA) is 41.1 Å². The van der Waals surface area contributed by atoms with Gasteiger partial charge in [0.2, 0.25) is 5.95 Å². The van der Waals surface area contributed by atoms with Crippen LogP contribution >= 0.6 is 11.6 Å². The summed E-state index contributed by atoms with van der Waals surface area (Å²) in [5, 5.41) is 3.58. The number of nitrogens with one attached hydrogen (secondary N) is 1. The molecule has 1 fully saturated rings. The molecule has 1 saturated heterocycles. The zero-order valence-electron chi connectivity index (χ0n) is 10.6. The normalized spacial score (nSPS) is 24.8. The van der Waals surface area contributed by atoms with Crippen molar-refractivity contribution in [3.05, 3.63) is 11.2 Å². The van der Waals surface area contributed by atoms with Crippen LogP contribution in [0.25, 0.3) is 0 Å². The van der Waals surface area contributed by atoms with Crippen molar-refractivity contribution in [2.75, 3.05) is 30.4 Å². The molecule has 0 spiro atoms. The van der Waals surface area contributed by atoms with Gasteiger partial charge in [-0.15, -0.1) is 0 Å². The van der Waals surface area contributed by atoms with Crippen LogP contribution in [0.1, 0.15) is 20.3 Å². The van der Waals surface area contributed by atoms with Gasteiger partial charge in [0.05, 0.1) is 6.20 Å². The molecule has 4 nitrogen and oxygen atoms in total. The van der Waals surface area contributed by atoms with Crippen LogP contribution < -0.4 is 10.2 Å². The fourth-order valence-electron chi connectivity index (χ4n) is 2.54. The van der Waals surface area contributed by atoms with Crippen molar-refractivity contribution >= 4 is 23.4 Å². The van der Waals surface area contributed by atoms with Crippen molar-refractivity contribution in [3.8, 4) is 0 Å². The van der Waals surface area contributed by atoms with Gasteiger partial charge in [0.15, 0.2) is 5.82 Å². The fourth-order valence-corrected chi connectivity index (χ4v) is 2.75. The highest BCUT2D eigenvalue weighted by Gasteiger charge is 2.24. The Balaban J connectivity index is 2.26. The number of hydrogen-bond donors (Lipinski definition) is 1. The maximum absolute atomic E-state index is 6.19. The van der Waals surface area contributed by atoms with Crippen LogP contribution in [0.5, 0.6) is 0 Å². The Morgan fingerprint density at radius 2 is 2.00 bits per heavy atom. The van der Waals surface area contributed by atoms with Crippen LogP contribution in [0.15, 0.2) is 6.20 Å². The number of hydrogen-bond acceptors (Lipinski definition) is 4. The molecule has 1 aromatic rings. The molecule has 1 N–H and O–H groups in total. The summed E-state index contributed by atoms with van der Waals surface area (Å²) in [6.07, 6.45) is 2.94. The van der Waals surface area contributed by atoms with Crippen molar-refractivity contribution < 1.29 is 0 Å². The maximum atomic E-state index is 6.19. The second-order valence-corrected chi connectivity index (χ2v) is 5.37. The van der Waals surface area contributed by atoms with E-state index in [1.807, 2.05) is 7.05 Å². The molecule has 1 aliphatic rings. The van der Waals surface area contributed by atoms with Gasteiger partial charge in [0, 0.05) is 20.1 Å². The van der Waals surface area contributed by atoms with E-state index in [1.54, 1.807) is 6.20 Å². The van der Waals surface area contributed by atoms with E-state index in [0.29, 0.717) is 22.8 Å². The summed E-state index contributed by atoms with van der Waals surface area (Å²) < 4.78 is 0. The lowest BCUT2D eigenvalue weighted by Crippen LogP contribution is -2.39. The Labute approximate surface area is 107 Å². The first-order chi connectivity index (χ1) is 8.10. The van der Waals surface area contributed by atoms with Crippen molar-refractivity contribution in [2.45, 2.75) is 20.3 Å². The second kappa shape index (κ2) is 5.08. The van der Waals surface area contributed by atoms with Crippen molar-refractivity contribution in [2.24, 2.45) is 11.8 Å². The lowest BCUT2D eigenvalue weighted by molar-refractivity contribution is 0.355. The second-order valence-electron chi connectivity index (χ2n) is 4.97. The van der Waals surface area contributed by atoms with Gasteiger partial charge in [-0.3, -0.25) is 0 Å². The van der Waals surface area contributed by atoms with E-state index >= 15 is 0 Å². The molecule has 5 heteroatoms. The quantitative estimate of drug-likeness (QED) is 0.881. The zero-order valence-corrected chi connectivity index (χ0v) is 11.3. The zero-order chi connectivity index (χ0) is 12.4. The predicted octanol–water partition coefficient (Wildman–Crippen LogP) is 2.65. The molecule has 94 valence electrons. The Morgan fingerprint density at radius 1 is 1.35 bits per heavy atom. The molecule has 2 atom stereocenters. The molecule has 2 rings (SSSR count). The summed E-state index contributed by atoms with van der Waals surface area (Å²) in [6.45, 7) is 6.59. The van der Waals surface area contributed by atoms with Crippen LogP contribution in [0, 0.1) is 11.8 Å². The monoisotopic (exact) mass is 254 g/mol. The highest BCUT2D eigenvalue weighted by molar-refractivity contribution is 6.32. The number of halogens is 1. The third kappa shape index (κ3) is 2.80. The summed E-state index contributed by atoms with van der Waals surface area (Å²) in [5.41, 5.74) is 0. The standard InChI is InChI=1S/C12H19ClN4/c1-8-4-9(2)7-17(6-8)11-10(13)5-15-12(14-3)16-11/h5,8-9H,4,6-7H2,1-3H3,(H,14,15,16). The minimum Gasteiger partial charge on any atom is -0.357 e. The third-order valence-corrected chi connectivity index (χ3v) is 3.38. The van der Waals surface area contributed by atoms with Crippen LogP contribution in [0.2, 0.25) is 5.02 Å². The average Bonchev–Trinajstić information content (AvgIpc) is 2.28. The summed E-state index contributed by atoms with van der Waals surface area (Å²) in [5.74, 6) is 2.84. The molecule has 0 amide bonds. The van der Waals surface area contributed by atoms with E-state index in [0.717, 1.165) is 18.9 Å². The molecule has 0 aliphatic carbocycles. The summed E-state index contributed by atoms with van der Waals surface area (Å²) in [4.78, 5) is 10.8. The Hall–Kier alpha value is -1.03. The molecule has 1 aromatic heterocycles. The van der Waals surface area contributed by atoms with Gasteiger partial charge in [-0.2, -0.15) is 4.98 Å². The van der Waals surface area contributed by atoms with Gasteiger partial charge in [0.25, 0.3) is 0 Å². The minimum atomic E-state index is 0.621. The predicted molar refractivity (Wildman–Crippen MR) is 71.7 cm³/mol. The molecule has 17 heavy (non-hydrogen) atoms. The van der Waals surface area contributed by atoms with Crippen LogP contribution in [0.3, 0.4) is 0 Å². The molecule has 2 heterocycles. The fraction of sp³-hybridized carbons (Fsp3) is 0.667. The van der Waals surface area contributed by atoms with E-state index < -0.39 is 0 Å². The molecular weight excluding hydrogens is 236 g/mol. The third-order valence-electron chi connectivity index (χ3n) is 3.12.